The van der Waals surface area contributed by atoms with Gasteiger partial charge in [-0.3, -0.25) is 4.79 Å². The van der Waals surface area contributed by atoms with Crippen molar-refractivity contribution >= 4 is 17.3 Å². The molecule has 0 saturated heterocycles. The molecule has 162 valence electrons. The maximum Gasteiger partial charge on any atom is 0.255 e. The van der Waals surface area contributed by atoms with E-state index in [1.807, 2.05) is 61.5 Å². The molecule has 0 radical (unpaired) electrons. The van der Waals surface area contributed by atoms with Gasteiger partial charge in [-0.15, -0.1) is 0 Å². The Hall–Kier alpha value is -3.31. The minimum absolute atomic E-state index is 0.0465. The molecule has 0 aliphatic rings. The topological polar surface area (TPSA) is 70.6 Å². The summed E-state index contributed by atoms with van der Waals surface area (Å²) in [6.07, 6.45) is -0.920. The highest BCUT2D eigenvalue weighted by molar-refractivity contribution is 6.04. The predicted molar refractivity (Wildman–Crippen MR) is 126 cm³/mol. The van der Waals surface area contributed by atoms with Crippen LogP contribution in [0.15, 0.2) is 66.7 Å². The molecule has 5 nitrogen and oxygen atoms in total. The van der Waals surface area contributed by atoms with E-state index in [0.717, 1.165) is 11.3 Å². The zero-order chi connectivity index (χ0) is 22.6. The van der Waals surface area contributed by atoms with Crippen LogP contribution in [0.2, 0.25) is 0 Å². The van der Waals surface area contributed by atoms with Gasteiger partial charge in [-0.2, -0.15) is 0 Å². The second kappa shape index (κ2) is 9.23. The molecule has 0 aromatic heterocycles. The fourth-order valence-electron chi connectivity index (χ4n) is 3.38. The van der Waals surface area contributed by atoms with E-state index in [2.05, 4.69) is 31.4 Å². The minimum atomic E-state index is -0.920. The van der Waals surface area contributed by atoms with E-state index in [9.17, 15) is 9.90 Å². The molecule has 31 heavy (non-hydrogen) atoms. The summed E-state index contributed by atoms with van der Waals surface area (Å²) in [5, 5.41) is 16.6. The molecule has 0 fully saturated rings. The van der Waals surface area contributed by atoms with E-state index < -0.39 is 6.23 Å². The van der Waals surface area contributed by atoms with Crippen LogP contribution in [0.4, 0.5) is 11.4 Å². The fraction of sp³-hybridized carbons (Fsp3) is 0.269. The first-order valence-electron chi connectivity index (χ1n) is 10.3. The number of benzene rings is 3. The second-order valence-corrected chi connectivity index (χ2v) is 8.60. The first-order valence-corrected chi connectivity index (χ1v) is 10.3. The summed E-state index contributed by atoms with van der Waals surface area (Å²) < 4.78 is 5.42. The Balaban J connectivity index is 1.65. The van der Waals surface area contributed by atoms with Gasteiger partial charge in [-0.05, 0) is 59.9 Å². The summed E-state index contributed by atoms with van der Waals surface area (Å²) in [7, 11) is 1.59. The number of carbonyl (C=O) groups is 1. The Morgan fingerprint density at radius 2 is 1.55 bits per heavy atom. The molecule has 0 aliphatic heterocycles. The number of para-hydroxylation sites is 1. The maximum atomic E-state index is 12.5. The molecule has 3 aromatic carbocycles. The van der Waals surface area contributed by atoms with Crippen molar-refractivity contribution in [3.05, 3.63) is 89.0 Å². The largest absolute Gasteiger partial charge is 0.496 e. The van der Waals surface area contributed by atoms with Gasteiger partial charge in [0.25, 0.3) is 5.91 Å². The summed E-state index contributed by atoms with van der Waals surface area (Å²) in [6.45, 7) is 8.36. The molecule has 1 unspecified atom stereocenters. The molecular formula is C26H30N2O3. The number of hydrogen-bond donors (Lipinski definition) is 3. The van der Waals surface area contributed by atoms with Gasteiger partial charge >= 0.3 is 0 Å². The van der Waals surface area contributed by atoms with Gasteiger partial charge in [0.05, 0.1) is 7.11 Å². The Bertz CT molecular complexity index is 1040. The number of aliphatic hydroxyl groups excluding tert-OH is 1. The van der Waals surface area contributed by atoms with E-state index in [0.29, 0.717) is 22.6 Å². The van der Waals surface area contributed by atoms with E-state index >= 15 is 0 Å². The maximum absolute atomic E-state index is 12.5. The zero-order valence-electron chi connectivity index (χ0n) is 18.7. The summed E-state index contributed by atoms with van der Waals surface area (Å²) in [4.78, 5) is 12.5. The SMILES string of the molecule is COc1c(C)cccc1C(O)Nc1ccc(NC(=O)c2ccc(C(C)(C)C)cc2)cc1. The van der Waals surface area contributed by atoms with Gasteiger partial charge in [-0.25, -0.2) is 0 Å². The first kappa shape index (κ1) is 22.4. The number of methoxy groups -OCH3 is 1. The molecule has 5 heteroatoms. The average Bonchev–Trinajstić information content (AvgIpc) is 2.74. The van der Waals surface area contributed by atoms with Gasteiger partial charge in [0.2, 0.25) is 0 Å². The van der Waals surface area contributed by atoms with Crippen LogP contribution < -0.4 is 15.4 Å². The van der Waals surface area contributed by atoms with Gasteiger partial charge in [0.15, 0.2) is 6.23 Å². The van der Waals surface area contributed by atoms with Crippen molar-refractivity contribution in [1.82, 2.24) is 0 Å². The number of hydrogen-bond acceptors (Lipinski definition) is 4. The van der Waals surface area contributed by atoms with Crippen molar-refractivity contribution in [2.75, 3.05) is 17.7 Å². The number of carbonyl (C=O) groups excluding carboxylic acids is 1. The molecule has 0 bridgehead atoms. The quantitative estimate of drug-likeness (QED) is 0.452. The fourth-order valence-corrected chi connectivity index (χ4v) is 3.38. The lowest BCUT2D eigenvalue weighted by molar-refractivity contribution is 0.102. The number of rotatable bonds is 6. The summed E-state index contributed by atoms with van der Waals surface area (Å²) in [5.74, 6) is 0.495. The summed E-state index contributed by atoms with van der Waals surface area (Å²) in [5.41, 5.74) is 4.86. The Morgan fingerprint density at radius 1 is 0.935 bits per heavy atom. The number of anilines is 2. The Kier molecular flexibility index (Phi) is 6.66. The third-order valence-electron chi connectivity index (χ3n) is 5.20. The molecule has 0 spiro atoms. The van der Waals surface area contributed by atoms with Crippen LogP contribution in [0.3, 0.4) is 0 Å². The molecule has 3 N–H and O–H groups in total. The molecule has 0 saturated carbocycles. The van der Waals surface area contributed by atoms with E-state index in [1.54, 1.807) is 19.2 Å². The Morgan fingerprint density at radius 3 is 2.13 bits per heavy atom. The standard InChI is InChI=1S/C26H30N2O3/c1-17-7-6-8-22(23(17)31-5)25(30)28-21-15-13-20(14-16-21)27-24(29)18-9-11-19(12-10-18)26(2,3)4/h6-16,25,28,30H,1-5H3,(H,27,29). The molecule has 3 aromatic rings. The molecule has 0 heterocycles. The minimum Gasteiger partial charge on any atom is -0.496 e. The zero-order valence-corrected chi connectivity index (χ0v) is 18.7. The van der Waals surface area contributed by atoms with Crippen LogP contribution in [0.25, 0.3) is 0 Å². The number of aryl methyl sites for hydroxylation is 1. The van der Waals surface area contributed by atoms with Gasteiger partial charge in [-0.1, -0.05) is 51.1 Å². The monoisotopic (exact) mass is 418 g/mol. The number of ether oxygens (including phenoxy) is 1. The molecule has 0 aliphatic carbocycles. The van der Waals surface area contributed by atoms with Crippen molar-refractivity contribution in [1.29, 1.82) is 0 Å². The molecule has 1 amide bonds. The van der Waals surface area contributed by atoms with Gasteiger partial charge < -0.3 is 20.5 Å². The number of nitrogens with one attached hydrogen (secondary N) is 2. The lowest BCUT2D eigenvalue weighted by Crippen LogP contribution is -2.14. The highest BCUT2D eigenvalue weighted by Crippen LogP contribution is 2.29. The second-order valence-electron chi connectivity index (χ2n) is 8.60. The van der Waals surface area contributed by atoms with Crippen LogP contribution in [0.1, 0.15) is 54.0 Å². The molecule has 3 rings (SSSR count). The summed E-state index contributed by atoms with van der Waals surface area (Å²) >= 11 is 0. The van der Waals surface area contributed by atoms with Crippen LogP contribution in [0.5, 0.6) is 5.75 Å². The third kappa shape index (κ3) is 5.44. The van der Waals surface area contributed by atoms with Crippen LogP contribution >= 0.6 is 0 Å². The smallest absolute Gasteiger partial charge is 0.255 e. The molecule has 1 atom stereocenters. The lowest BCUT2D eigenvalue weighted by Gasteiger charge is -2.19. The van der Waals surface area contributed by atoms with Crippen LogP contribution in [0, 0.1) is 6.92 Å². The predicted octanol–water partition coefficient (Wildman–Crippen LogP) is 5.66. The van der Waals surface area contributed by atoms with Crippen molar-refractivity contribution in [2.45, 2.75) is 39.3 Å². The van der Waals surface area contributed by atoms with E-state index in [-0.39, 0.29) is 11.3 Å². The molecular weight excluding hydrogens is 388 g/mol. The van der Waals surface area contributed by atoms with Crippen molar-refractivity contribution in [3.63, 3.8) is 0 Å². The van der Waals surface area contributed by atoms with Crippen LogP contribution in [-0.2, 0) is 5.41 Å². The van der Waals surface area contributed by atoms with E-state index in [1.165, 1.54) is 5.56 Å². The highest BCUT2D eigenvalue weighted by Gasteiger charge is 2.16. The van der Waals surface area contributed by atoms with Crippen molar-refractivity contribution in [2.24, 2.45) is 0 Å². The normalized spacial score (nSPS) is 12.2. The highest BCUT2D eigenvalue weighted by atomic mass is 16.5. The number of aliphatic hydroxyl groups is 1. The van der Waals surface area contributed by atoms with Crippen molar-refractivity contribution < 1.29 is 14.6 Å². The first-order chi connectivity index (χ1) is 14.7. The van der Waals surface area contributed by atoms with Crippen molar-refractivity contribution in [3.8, 4) is 5.75 Å². The van der Waals surface area contributed by atoms with E-state index in [4.69, 9.17) is 4.74 Å². The number of amides is 1. The average molecular weight is 419 g/mol. The Labute approximate surface area is 184 Å². The van der Waals surface area contributed by atoms with Gasteiger partial charge in [0, 0.05) is 22.5 Å². The summed E-state index contributed by atoms with van der Waals surface area (Å²) in [6, 6.07) is 20.5. The lowest BCUT2D eigenvalue weighted by atomic mass is 9.87. The third-order valence-corrected chi connectivity index (χ3v) is 5.20. The van der Waals surface area contributed by atoms with Gasteiger partial charge in [0.1, 0.15) is 5.75 Å². The van der Waals surface area contributed by atoms with Crippen LogP contribution in [-0.4, -0.2) is 18.1 Å².